The summed E-state index contributed by atoms with van der Waals surface area (Å²) in [7, 11) is 0. The fourth-order valence-corrected chi connectivity index (χ4v) is 3.16. The molecule has 0 aliphatic heterocycles. The van der Waals surface area contributed by atoms with E-state index < -0.39 is 0 Å². The Hall–Kier alpha value is -1.58. The van der Waals surface area contributed by atoms with Crippen molar-refractivity contribution in [3.8, 4) is 5.88 Å². The van der Waals surface area contributed by atoms with Gasteiger partial charge < -0.3 is 20.7 Å². The number of aromatic nitrogens is 1. The molecule has 8 heteroatoms. The lowest BCUT2D eigenvalue weighted by Crippen LogP contribution is -2.41. The number of pyridine rings is 1. The number of guanidine groups is 1. The van der Waals surface area contributed by atoms with Crippen LogP contribution in [0.5, 0.6) is 5.88 Å². The molecule has 2 aliphatic rings. The van der Waals surface area contributed by atoms with Crippen LogP contribution in [0, 0.1) is 5.92 Å². The van der Waals surface area contributed by atoms with Gasteiger partial charge in [-0.2, -0.15) is 0 Å². The number of hydrogen-bond donors (Lipinski definition) is 3. The molecule has 2 aliphatic carbocycles. The number of nitrogens with one attached hydrogen (secondary N) is 3. The van der Waals surface area contributed by atoms with E-state index in [4.69, 9.17) is 4.74 Å². The second kappa shape index (κ2) is 12.1. The van der Waals surface area contributed by atoms with Gasteiger partial charge in [0.2, 0.25) is 11.8 Å². The molecule has 0 spiro atoms. The lowest BCUT2D eigenvalue weighted by Gasteiger charge is -2.13. The molecule has 28 heavy (non-hydrogen) atoms. The molecular formula is C20H32IN5O2. The first kappa shape index (κ1) is 22.7. The van der Waals surface area contributed by atoms with Gasteiger partial charge in [-0.05, 0) is 57.1 Å². The van der Waals surface area contributed by atoms with Gasteiger partial charge in [0, 0.05) is 37.8 Å². The van der Waals surface area contributed by atoms with Crippen LogP contribution in [-0.4, -0.2) is 42.6 Å². The van der Waals surface area contributed by atoms with Crippen molar-refractivity contribution in [1.29, 1.82) is 0 Å². The predicted octanol–water partition coefficient (Wildman–Crippen LogP) is 2.60. The number of amides is 1. The number of carbonyl (C=O) groups is 1. The fraction of sp³-hybridized carbons (Fsp3) is 0.650. The third-order valence-corrected chi connectivity index (χ3v) is 4.82. The Bertz CT molecular complexity index is 645. The summed E-state index contributed by atoms with van der Waals surface area (Å²) in [5, 5.41) is 9.43. The summed E-state index contributed by atoms with van der Waals surface area (Å²) >= 11 is 0. The smallest absolute Gasteiger partial charge is 0.223 e. The number of ether oxygens (including phenoxy) is 1. The van der Waals surface area contributed by atoms with Crippen molar-refractivity contribution in [3.05, 3.63) is 23.9 Å². The minimum absolute atomic E-state index is 0. The molecule has 156 valence electrons. The van der Waals surface area contributed by atoms with Crippen LogP contribution >= 0.6 is 24.0 Å². The highest BCUT2D eigenvalue weighted by Crippen LogP contribution is 2.28. The SMILES string of the molecule is CCNC(=NCc1ccnc(OC2CCCC2)c1)NCCNC(=O)C1CC1.I. The Balaban J connectivity index is 0.00000280. The molecule has 3 rings (SSSR count). The normalized spacial score (nSPS) is 17.0. The highest BCUT2D eigenvalue weighted by Gasteiger charge is 2.28. The molecule has 1 aromatic rings. The molecule has 0 unspecified atom stereocenters. The Kier molecular flexibility index (Phi) is 9.80. The number of hydrogen-bond acceptors (Lipinski definition) is 4. The van der Waals surface area contributed by atoms with Crippen molar-refractivity contribution >= 4 is 35.8 Å². The van der Waals surface area contributed by atoms with Crippen LogP contribution in [0.4, 0.5) is 0 Å². The first-order valence-electron chi connectivity index (χ1n) is 10.2. The van der Waals surface area contributed by atoms with E-state index in [9.17, 15) is 4.79 Å². The highest BCUT2D eigenvalue weighted by atomic mass is 127. The molecule has 0 saturated heterocycles. The van der Waals surface area contributed by atoms with E-state index in [1.165, 1.54) is 12.8 Å². The minimum Gasteiger partial charge on any atom is -0.474 e. The van der Waals surface area contributed by atoms with Crippen molar-refractivity contribution in [2.75, 3.05) is 19.6 Å². The Morgan fingerprint density at radius 1 is 1.18 bits per heavy atom. The molecule has 0 atom stereocenters. The van der Waals surface area contributed by atoms with Gasteiger partial charge >= 0.3 is 0 Å². The lowest BCUT2D eigenvalue weighted by molar-refractivity contribution is -0.122. The summed E-state index contributed by atoms with van der Waals surface area (Å²) in [4.78, 5) is 20.6. The number of aliphatic imine (C=N–C) groups is 1. The summed E-state index contributed by atoms with van der Waals surface area (Å²) in [5.41, 5.74) is 1.07. The zero-order chi connectivity index (χ0) is 18.9. The van der Waals surface area contributed by atoms with E-state index in [1.54, 1.807) is 6.20 Å². The molecule has 1 heterocycles. The van der Waals surface area contributed by atoms with Gasteiger partial charge in [0.1, 0.15) is 6.10 Å². The summed E-state index contributed by atoms with van der Waals surface area (Å²) in [5.74, 6) is 1.85. The number of carbonyl (C=O) groups excluding carboxylic acids is 1. The number of rotatable bonds is 9. The van der Waals surface area contributed by atoms with Crippen LogP contribution in [0.1, 0.15) is 51.0 Å². The Morgan fingerprint density at radius 3 is 2.64 bits per heavy atom. The molecule has 3 N–H and O–H groups in total. The molecular weight excluding hydrogens is 469 g/mol. The van der Waals surface area contributed by atoms with Crippen molar-refractivity contribution in [2.45, 2.75) is 58.1 Å². The summed E-state index contributed by atoms with van der Waals surface area (Å²) in [6.45, 7) is 4.62. The van der Waals surface area contributed by atoms with Gasteiger partial charge in [0.05, 0.1) is 6.54 Å². The predicted molar refractivity (Wildman–Crippen MR) is 121 cm³/mol. The average Bonchev–Trinajstić information content (AvgIpc) is 3.41. The largest absolute Gasteiger partial charge is 0.474 e. The van der Waals surface area contributed by atoms with Crippen LogP contribution in [0.15, 0.2) is 23.3 Å². The van der Waals surface area contributed by atoms with Crippen molar-refractivity contribution in [1.82, 2.24) is 20.9 Å². The highest BCUT2D eigenvalue weighted by molar-refractivity contribution is 14.0. The second-order valence-corrected chi connectivity index (χ2v) is 7.21. The van der Waals surface area contributed by atoms with Crippen molar-refractivity contribution < 1.29 is 9.53 Å². The van der Waals surface area contributed by atoms with Gasteiger partial charge in [-0.15, -0.1) is 24.0 Å². The standard InChI is InChI=1S/C20H31N5O2.HI/c1-2-21-20(24-12-11-23-19(26)16-7-8-16)25-14-15-9-10-22-18(13-15)27-17-5-3-4-6-17;/h9-10,13,16-17H,2-8,11-12,14H2,1H3,(H,23,26)(H2,21,24,25);1H. The number of nitrogens with zero attached hydrogens (tertiary/aromatic N) is 2. The zero-order valence-corrected chi connectivity index (χ0v) is 18.9. The van der Waals surface area contributed by atoms with Crippen LogP contribution in [0.25, 0.3) is 0 Å². The van der Waals surface area contributed by atoms with Gasteiger partial charge in [-0.1, -0.05) is 0 Å². The molecule has 1 aromatic heterocycles. The summed E-state index contributed by atoms with van der Waals surface area (Å²) in [6.07, 6.45) is 8.88. The van der Waals surface area contributed by atoms with Crippen molar-refractivity contribution in [2.24, 2.45) is 10.9 Å². The van der Waals surface area contributed by atoms with Crippen molar-refractivity contribution in [3.63, 3.8) is 0 Å². The van der Waals surface area contributed by atoms with E-state index >= 15 is 0 Å². The summed E-state index contributed by atoms with van der Waals surface area (Å²) in [6, 6.07) is 3.94. The Labute approximate surface area is 184 Å². The van der Waals surface area contributed by atoms with E-state index in [2.05, 4.69) is 25.9 Å². The maximum atomic E-state index is 11.6. The van der Waals surface area contributed by atoms with Gasteiger partial charge in [0.25, 0.3) is 0 Å². The van der Waals surface area contributed by atoms with Gasteiger partial charge in [0.15, 0.2) is 5.96 Å². The van der Waals surface area contributed by atoms with Gasteiger partial charge in [-0.25, -0.2) is 9.98 Å². The zero-order valence-electron chi connectivity index (χ0n) is 16.6. The average molecular weight is 501 g/mol. The molecule has 1 amide bonds. The lowest BCUT2D eigenvalue weighted by atomic mass is 10.2. The number of halogens is 1. The monoisotopic (exact) mass is 501 g/mol. The summed E-state index contributed by atoms with van der Waals surface area (Å²) < 4.78 is 5.97. The first-order valence-corrected chi connectivity index (χ1v) is 10.2. The second-order valence-electron chi connectivity index (χ2n) is 7.21. The first-order chi connectivity index (χ1) is 13.2. The van der Waals surface area contributed by atoms with E-state index in [0.29, 0.717) is 31.6 Å². The third kappa shape index (κ3) is 7.81. The van der Waals surface area contributed by atoms with Crippen LogP contribution in [0.2, 0.25) is 0 Å². The third-order valence-electron chi connectivity index (χ3n) is 4.82. The quantitative estimate of drug-likeness (QED) is 0.210. The molecule has 0 aromatic carbocycles. The van der Waals surface area contributed by atoms with E-state index in [-0.39, 0.29) is 35.8 Å². The maximum Gasteiger partial charge on any atom is 0.223 e. The van der Waals surface area contributed by atoms with Crippen LogP contribution < -0.4 is 20.7 Å². The molecule has 2 fully saturated rings. The van der Waals surface area contributed by atoms with E-state index in [1.807, 2.05) is 19.1 Å². The minimum atomic E-state index is 0. The van der Waals surface area contributed by atoms with E-state index in [0.717, 1.165) is 43.8 Å². The topological polar surface area (TPSA) is 87.6 Å². The molecule has 0 bridgehead atoms. The Morgan fingerprint density at radius 2 is 1.93 bits per heavy atom. The molecule has 2 saturated carbocycles. The maximum absolute atomic E-state index is 11.6. The van der Waals surface area contributed by atoms with Crippen LogP contribution in [0.3, 0.4) is 0 Å². The molecule has 7 nitrogen and oxygen atoms in total. The van der Waals surface area contributed by atoms with Gasteiger partial charge in [-0.3, -0.25) is 4.79 Å². The fourth-order valence-electron chi connectivity index (χ4n) is 3.16. The molecule has 0 radical (unpaired) electrons. The van der Waals surface area contributed by atoms with Crippen LogP contribution in [-0.2, 0) is 11.3 Å².